The number of nitrogens with zero attached hydrogens (tertiary/aromatic N) is 5. The minimum absolute atomic E-state index is 0.0159. The van der Waals surface area contributed by atoms with Crippen LogP contribution in [-0.2, 0) is 4.79 Å². The Bertz CT molecular complexity index is 1420. The van der Waals surface area contributed by atoms with Gasteiger partial charge in [-0.25, -0.2) is 5.43 Å². The summed E-state index contributed by atoms with van der Waals surface area (Å²) in [5.74, 6) is 0.971. The third kappa shape index (κ3) is 6.72. The summed E-state index contributed by atoms with van der Waals surface area (Å²) in [5.41, 5.74) is 4.46. The molecule has 37 heavy (non-hydrogen) atoms. The van der Waals surface area contributed by atoms with Gasteiger partial charge in [0.2, 0.25) is 0 Å². The minimum atomic E-state index is -0.495. The van der Waals surface area contributed by atoms with Crippen molar-refractivity contribution in [3.8, 4) is 22.8 Å². The standard InChI is InChI=1S/C25H21ClN6O4S/c1-2-36-22-12-10-20(11-13-22)31-24(18-6-8-19(26)9-7-18)29-30-25(31)37-16-23(33)28-27-15-17-4-3-5-21(14-17)32(34)35/h3-15H,2,16H2,1H3,(H,28,33). The molecule has 0 atom stereocenters. The molecule has 0 aliphatic carbocycles. The summed E-state index contributed by atoms with van der Waals surface area (Å²) in [7, 11) is 0. The van der Waals surface area contributed by atoms with Gasteiger partial charge in [0.05, 0.1) is 23.5 Å². The molecule has 1 amide bonds. The molecule has 12 heteroatoms. The Morgan fingerprint density at radius 2 is 1.92 bits per heavy atom. The number of nitro benzene ring substituents is 1. The Balaban J connectivity index is 1.50. The maximum Gasteiger partial charge on any atom is 0.270 e. The van der Waals surface area contributed by atoms with Crippen molar-refractivity contribution in [3.05, 3.63) is 93.5 Å². The van der Waals surface area contributed by atoms with E-state index in [1.54, 1.807) is 24.3 Å². The van der Waals surface area contributed by atoms with E-state index in [0.717, 1.165) is 17.0 Å². The molecule has 0 saturated carbocycles. The molecule has 0 radical (unpaired) electrons. The van der Waals surface area contributed by atoms with Crippen LogP contribution in [0.5, 0.6) is 5.75 Å². The second-order valence-corrected chi connectivity index (χ2v) is 8.89. The molecule has 0 unspecified atom stereocenters. The van der Waals surface area contributed by atoms with Gasteiger partial charge in [0.1, 0.15) is 5.75 Å². The molecule has 0 saturated heterocycles. The zero-order chi connectivity index (χ0) is 26.2. The van der Waals surface area contributed by atoms with E-state index in [9.17, 15) is 14.9 Å². The average Bonchev–Trinajstić information content (AvgIpc) is 3.32. The summed E-state index contributed by atoms with van der Waals surface area (Å²) in [4.78, 5) is 22.8. The molecule has 0 fully saturated rings. The molecule has 4 aromatic rings. The number of rotatable bonds is 10. The van der Waals surface area contributed by atoms with Gasteiger partial charge in [-0.1, -0.05) is 35.5 Å². The molecule has 3 aromatic carbocycles. The number of benzene rings is 3. The molecule has 1 N–H and O–H groups in total. The fraction of sp³-hybridized carbons (Fsp3) is 0.120. The fourth-order valence-corrected chi connectivity index (χ4v) is 4.17. The van der Waals surface area contributed by atoms with Gasteiger partial charge < -0.3 is 4.74 Å². The Hall–Kier alpha value is -4.22. The van der Waals surface area contributed by atoms with E-state index in [2.05, 4.69) is 20.7 Å². The fourth-order valence-electron chi connectivity index (χ4n) is 3.30. The van der Waals surface area contributed by atoms with Crippen molar-refractivity contribution in [2.75, 3.05) is 12.4 Å². The number of aromatic nitrogens is 3. The van der Waals surface area contributed by atoms with Crippen molar-refractivity contribution in [1.29, 1.82) is 0 Å². The average molecular weight is 537 g/mol. The molecule has 1 heterocycles. The predicted octanol–water partition coefficient (Wildman–Crippen LogP) is 5.14. The summed E-state index contributed by atoms with van der Waals surface area (Å²) < 4.78 is 7.39. The van der Waals surface area contributed by atoms with E-state index in [0.29, 0.717) is 28.2 Å². The molecule has 188 valence electrons. The Morgan fingerprint density at radius 3 is 2.62 bits per heavy atom. The minimum Gasteiger partial charge on any atom is -0.494 e. The van der Waals surface area contributed by atoms with Crippen molar-refractivity contribution in [3.63, 3.8) is 0 Å². The highest BCUT2D eigenvalue weighted by Gasteiger charge is 2.17. The lowest BCUT2D eigenvalue weighted by Crippen LogP contribution is -2.20. The summed E-state index contributed by atoms with van der Waals surface area (Å²) in [6.07, 6.45) is 1.34. The first-order valence-electron chi connectivity index (χ1n) is 11.1. The van der Waals surface area contributed by atoms with Gasteiger partial charge >= 0.3 is 0 Å². The Labute approximate surface area is 221 Å². The number of nitro groups is 1. The number of hydrogen-bond acceptors (Lipinski definition) is 8. The third-order valence-electron chi connectivity index (χ3n) is 4.96. The molecule has 10 nitrogen and oxygen atoms in total. The second-order valence-electron chi connectivity index (χ2n) is 7.51. The molecule has 0 spiro atoms. The van der Waals surface area contributed by atoms with Gasteiger partial charge in [-0.15, -0.1) is 10.2 Å². The number of nitrogens with one attached hydrogen (secondary N) is 1. The largest absolute Gasteiger partial charge is 0.494 e. The highest BCUT2D eigenvalue weighted by molar-refractivity contribution is 7.99. The zero-order valence-corrected chi connectivity index (χ0v) is 21.1. The Morgan fingerprint density at radius 1 is 1.16 bits per heavy atom. The van der Waals surface area contributed by atoms with E-state index < -0.39 is 4.92 Å². The second kappa shape index (κ2) is 12.2. The topological polar surface area (TPSA) is 125 Å². The summed E-state index contributed by atoms with van der Waals surface area (Å²) in [5, 5.41) is 24.6. The van der Waals surface area contributed by atoms with Crippen LogP contribution in [0.2, 0.25) is 5.02 Å². The van der Waals surface area contributed by atoms with Gasteiger partial charge in [0.15, 0.2) is 11.0 Å². The lowest BCUT2D eigenvalue weighted by Gasteiger charge is -2.11. The zero-order valence-electron chi connectivity index (χ0n) is 19.6. The van der Waals surface area contributed by atoms with E-state index >= 15 is 0 Å². The third-order valence-corrected chi connectivity index (χ3v) is 6.14. The van der Waals surface area contributed by atoms with E-state index in [1.807, 2.05) is 47.9 Å². The highest BCUT2D eigenvalue weighted by Crippen LogP contribution is 2.29. The van der Waals surface area contributed by atoms with Crippen LogP contribution in [0.3, 0.4) is 0 Å². The number of carbonyl (C=O) groups is 1. The normalized spacial score (nSPS) is 11.0. The van der Waals surface area contributed by atoms with Crippen LogP contribution in [0.15, 0.2) is 83.1 Å². The number of ether oxygens (including phenoxy) is 1. The number of hydrazone groups is 1. The number of hydrogen-bond donors (Lipinski definition) is 1. The SMILES string of the molecule is CCOc1ccc(-n2c(SCC(=O)NN=Cc3cccc([N+](=O)[O-])c3)nnc2-c2ccc(Cl)cc2)cc1. The first-order chi connectivity index (χ1) is 17.9. The summed E-state index contributed by atoms with van der Waals surface area (Å²) in [6, 6.07) is 20.7. The molecular formula is C25H21ClN6O4S. The number of amides is 1. The van der Waals surface area contributed by atoms with E-state index in [1.165, 1.54) is 30.1 Å². The van der Waals surface area contributed by atoms with Crippen molar-refractivity contribution >= 4 is 41.2 Å². The summed E-state index contributed by atoms with van der Waals surface area (Å²) >= 11 is 7.24. The molecular weight excluding hydrogens is 516 g/mol. The first-order valence-corrected chi connectivity index (χ1v) is 12.4. The molecule has 4 rings (SSSR count). The number of thioether (sulfide) groups is 1. The number of carbonyl (C=O) groups excluding carboxylic acids is 1. The predicted molar refractivity (Wildman–Crippen MR) is 143 cm³/mol. The quantitative estimate of drug-likeness (QED) is 0.129. The van der Waals surface area contributed by atoms with Gasteiger partial charge in [-0.2, -0.15) is 5.10 Å². The lowest BCUT2D eigenvalue weighted by molar-refractivity contribution is -0.384. The molecule has 0 bridgehead atoms. The smallest absolute Gasteiger partial charge is 0.270 e. The first kappa shape index (κ1) is 25.9. The molecule has 0 aliphatic heterocycles. The van der Waals surface area contributed by atoms with E-state index in [4.69, 9.17) is 16.3 Å². The van der Waals surface area contributed by atoms with Crippen LogP contribution in [-0.4, -0.2) is 44.2 Å². The Kier molecular flexibility index (Phi) is 8.49. The maximum atomic E-state index is 12.4. The molecule has 1 aromatic heterocycles. The van der Waals surface area contributed by atoms with Crippen molar-refractivity contribution in [1.82, 2.24) is 20.2 Å². The monoisotopic (exact) mass is 536 g/mol. The van der Waals surface area contributed by atoms with Crippen LogP contribution in [0.4, 0.5) is 5.69 Å². The van der Waals surface area contributed by atoms with Crippen LogP contribution in [0, 0.1) is 10.1 Å². The van der Waals surface area contributed by atoms with Gasteiger partial charge in [-0.3, -0.25) is 19.5 Å². The van der Waals surface area contributed by atoms with E-state index in [-0.39, 0.29) is 17.3 Å². The van der Waals surface area contributed by atoms with Gasteiger partial charge in [0, 0.05) is 34.0 Å². The lowest BCUT2D eigenvalue weighted by atomic mass is 10.2. The van der Waals surface area contributed by atoms with Crippen LogP contribution in [0.25, 0.3) is 17.1 Å². The maximum absolute atomic E-state index is 12.4. The number of non-ortho nitro benzene ring substituents is 1. The highest BCUT2D eigenvalue weighted by atomic mass is 35.5. The van der Waals surface area contributed by atoms with Crippen molar-refractivity contribution in [2.45, 2.75) is 12.1 Å². The van der Waals surface area contributed by atoms with Crippen LogP contribution < -0.4 is 10.2 Å². The van der Waals surface area contributed by atoms with Crippen LogP contribution in [0.1, 0.15) is 12.5 Å². The van der Waals surface area contributed by atoms with Gasteiger partial charge in [-0.05, 0) is 55.5 Å². The van der Waals surface area contributed by atoms with Crippen molar-refractivity contribution in [2.24, 2.45) is 5.10 Å². The molecule has 0 aliphatic rings. The van der Waals surface area contributed by atoms with Crippen molar-refractivity contribution < 1.29 is 14.5 Å². The summed E-state index contributed by atoms with van der Waals surface area (Å²) in [6.45, 7) is 2.47. The van der Waals surface area contributed by atoms with Gasteiger partial charge in [0.25, 0.3) is 11.6 Å². The van der Waals surface area contributed by atoms with Crippen LogP contribution >= 0.6 is 23.4 Å². The number of halogens is 1.